The number of rotatable bonds is 7. The minimum atomic E-state index is -0.393. The van der Waals surface area contributed by atoms with E-state index in [0.29, 0.717) is 12.1 Å². The molecule has 2 aromatic rings. The maximum absolute atomic E-state index is 13.3. The van der Waals surface area contributed by atoms with Crippen molar-refractivity contribution >= 4 is 23.3 Å². The van der Waals surface area contributed by atoms with Gasteiger partial charge in [-0.1, -0.05) is 37.5 Å². The van der Waals surface area contributed by atoms with E-state index < -0.39 is 5.91 Å². The van der Waals surface area contributed by atoms with Crippen molar-refractivity contribution in [1.82, 2.24) is 9.88 Å². The van der Waals surface area contributed by atoms with Crippen molar-refractivity contribution in [2.24, 2.45) is 11.7 Å². The molecule has 2 amide bonds. The van der Waals surface area contributed by atoms with Gasteiger partial charge in [0, 0.05) is 57.1 Å². The lowest BCUT2D eigenvalue weighted by molar-refractivity contribution is -0.123. The van der Waals surface area contributed by atoms with Crippen molar-refractivity contribution in [1.29, 1.82) is 0 Å². The average molecular weight is 436 g/mol. The van der Waals surface area contributed by atoms with Gasteiger partial charge in [0.15, 0.2) is 0 Å². The van der Waals surface area contributed by atoms with Crippen LogP contribution in [-0.4, -0.2) is 61.0 Å². The number of piperazine rings is 1. The lowest BCUT2D eigenvalue weighted by Crippen LogP contribution is -2.50. The number of pyridine rings is 1. The summed E-state index contributed by atoms with van der Waals surface area (Å²) in [6, 6.07) is 13.3. The van der Waals surface area contributed by atoms with Crippen LogP contribution in [-0.2, 0) is 4.79 Å². The molecule has 0 bridgehead atoms. The Kier molecular flexibility index (Phi) is 7.37. The number of carbonyl (C=O) groups is 2. The highest BCUT2D eigenvalue weighted by molar-refractivity contribution is 5.98. The number of hydrogen-bond donors (Lipinski definition) is 1. The maximum Gasteiger partial charge on any atom is 0.250 e. The highest BCUT2D eigenvalue weighted by Crippen LogP contribution is 2.27. The van der Waals surface area contributed by atoms with E-state index in [9.17, 15) is 9.59 Å². The molecule has 2 heterocycles. The molecule has 4 rings (SSSR count). The van der Waals surface area contributed by atoms with Crippen LogP contribution in [0, 0.1) is 5.92 Å². The highest BCUT2D eigenvalue weighted by atomic mass is 16.2. The van der Waals surface area contributed by atoms with E-state index in [0.717, 1.165) is 69.9 Å². The van der Waals surface area contributed by atoms with Gasteiger partial charge in [-0.3, -0.25) is 19.4 Å². The van der Waals surface area contributed by atoms with E-state index in [2.05, 4.69) is 14.8 Å². The van der Waals surface area contributed by atoms with Crippen LogP contribution in [0.15, 0.2) is 48.7 Å². The van der Waals surface area contributed by atoms with Crippen LogP contribution < -0.4 is 15.5 Å². The Morgan fingerprint density at radius 1 is 0.969 bits per heavy atom. The minimum absolute atomic E-state index is 0.118. The van der Waals surface area contributed by atoms with Gasteiger partial charge in [-0.25, -0.2) is 4.98 Å². The van der Waals surface area contributed by atoms with Gasteiger partial charge >= 0.3 is 0 Å². The zero-order chi connectivity index (χ0) is 22.3. The molecular weight excluding hydrogens is 402 g/mol. The third-order valence-corrected chi connectivity index (χ3v) is 6.67. The predicted molar refractivity (Wildman–Crippen MR) is 127 cm³/mol. The monoisotopic (exact) mass is 435 g/mol. The fraction of sp³-hybridized carbons (Fsp3) is 0.480. The summed E-state index contributed by atoms with van der Waals surface area (Å²) >= 11 is 0. The van der Waals surface area contributed by atoms with Gasteiger partial charge in [0.05, 0.1) is 5.56 Å². The second-order valence-electron chi connectivity index (χ2n) is 8.72. The van der Waals surface area contributed by atoms with Crippen LogP contribution in [0.4, 0.5) is 11.5 Å². The standard InChI is InChI=1S/C25H33N5O2/c26-24(31)21-10-4-5-11-22(21)29-17-14-28(15-18-29)16-19-30(23-12-6-7-13-27-23)25(32)20-8-2-1-3-9-20/h4-7,10-13,20H,1-3,8-9,14-19H2,(H2,26,31). The molecule has 1 saturated heterocycles. The topological polar surface area (TPSA) is 82.8 Å². The predicted octanol–water partition coefficient (Wildman–Crippen LogP) is 2.92. The van der Waals surface area contributed by atoms with E-state index in [-0.39, 0.29) is 11.8 Å². The molecule has 2 fully saturated rings. The first-order valence-electron chi connectivity index (χ1n) is 11.7. The molecule has 1 saturated carbocycles. The van der Waals surface area contributed by atoms with E-state index >= 15 is 0 Å². The largest absolute Gasteiger partial charge is 0.368 e. The Balaban J connectivity index is 1.37. The second kappa shape index (κ2) is 10.6. The molecule has 2 N–H and O–H groups in total. The Hall–Kier alpha value is -2.93. The van der Waals surface area contributed by atoms with Crippen LogP contribution in [0.25, 0.3) is 0 Å². The number of amides is 2. The molecule has 0 spiro atoms. The van der Waals surface area contributed by atoms with Crippen molar-refractivity contribution in [3.63, 3.8) is 0 Å². The van der Waals surface area contributed by atoms with Gasteiger partial charge < -0.3 is 10.6 Å². The van der Waals surface area contributed by atoms with Crippen molar-refractivity contribution in [2.75, 3.05) is 49.1 Å². The maximum atomic E-state index is 13.3. The Morgan fingerprint density at radius 2 is 1.69 bits per heavy atom. The molecule has 0 atom stereocenters. The number of hydrogen-bond acceptors (Lipinski definition) is 5. The van der Waals surface area contributed by atoms with E-state index in [1.165, 1.54) is 6.42 Å². The molecule has 0 unspecified atom stereocenters. The summed E-state index contributed by atoms with van der Waals surface area (Å²) in [7, 11) is 0. The van der Waals surface area contributed by atoms with Crippen molar-refractivity contribution in [3.05, 3.63) is 54.2 Å². The van der Waals surface area contributed by atoms with Gasteiger partial charge in [0.2, 0.25) is 5.91 Å². The molecule has 2 aliphatic rings. The van der Waals surface area contributed by atoms with Crippen molar-refractivity contribution in [2.45, 2.75) is 32.1 Å². The van der Waals surface area contributed by atoms with Crippen LogP contribution in [0.3, 0.4) is 0 Å². The first-order valence-corrected chi connectivity index (χ1v) is 11.7. The van der Waals surface area contributed by atoms with Gasteiger partial charge in [-0.05, 0) is 37.1 Å². The summed E-state index contributed by atoms with van der Waals surface area (Å²) in [6.45, 7) is 4.85. The summed E-state index contributed by atoms with van der Waals surface area (Å²) in [5, 5.41) is 0. The van der Waals surface area contributed by atoms with E-state index in [1.807, 2.05) is 41.3 Å². The number of nitrogens with two attached hydrogens (primary N) is 1. The minimum Gasteiger partial charge on any atom is -0.368 e. The molecule has 170 valence electrons. The quantitative estimate of drug-likeness (QED) is 0.723. The molecule has 1 aromatic heterocycles. The normalized spacial score (nSPS) is 17.8. The first-order chi connectivity index (χ1) is 15.6. The van der Waals surface area contributed by atoms with Crippen molar-refractivity contribution < 1.29 is 9.59 Å². The molecule has 1 aromatic carbocycles. The summed E-state index contributed by atoms with van der Waals surface area (Å²) in [5.41, 5.74) is 7.03. The zero-order valence-electron chi connectivity index (χ0n) is 18.7. The molecule has 7 heteroatoms. The number of anilines is 2. The molecule has 1 aliphatic heterocycles. The lowest BCUT2D eigenvalue weighted by Gasteiger charge is -2.38. The fourth-order valence-electron chi connectivity index (χ4n) is 4.83. The average Bonchev–Trinajstić information content (AvgIpc) is 2.85. The van der Waals surface area contributed by atoms with Gasteiger partial charge in [-0.2, -0.15) is 0 Å². The molecule has 32 heavy (non-hydrogen) atoms. The van der Waals surface area contributed by atoms with Gasteiger partial charge in [-0.15, -0.1) is 0 Å². The Morgan fingerprint density at radius 3 is 2.38 bits per heavy atom. The van der Waals surface area contributed by atoms with Crippen LogP contribution in [0.5, 0.6) is 0 Å². The fourth-order valence-corrected chi connectivity index (χ4v) is 4.83. The number of primary amides is 1. The molecule has 1 aliphatic carbocycles. The summed E-state index contributed by atoms with van der Waals surface area (Å²) in [6.07, 6.45) is 7.24. The third kappa shape index (κ3) is 5.27. The van der Waals surface area contributed by atoms with E-state index in [1.54, 1.807) is 12.3 Å². The molecular formula is C25H33N5O2. The highest BCUT2D eigenvalue weighted by Gasteiger charge is 2.28. The Labute approximate surface area is 190 Å². The number of carbonyl (C=O) groups excluding carboxylic acids is 2. The van der Waals surface area contributed by atoms with Gasteiger partial charge in [0.1, 0.15) is 5.82 Å². The number of para-hydroxylation sites is 1. The first kappa shape index (κ1) is 22.3. The molecule has 0 radical (unpaired) electrons. The summed E-state index contributed by atoms with van der Waals surface area (Å²) in [4.78, 5) is 36.1. The van der Waals surface area contributed by atoms with E-state index in [4.69, 9.17) is 5.73 Å². The van der Waals surface area contributed by atoms with Crippen LogP contribution in [0.1, 0.15) is 42.5 Å². The number of benzene rings is 1. The van der Waals surface area contributed by atoms with Crippen LogP contribution >= 0.6 is 0 Å². The van der Waals surface area contributed by atoms with Crippen LogP contribution in [0.2, 0.25) is 0 Å². The zero-order valence-corrected chi connectivity index (χ0v) is 18.7. The summed E-state index contributed by atoms with van der Waals surface area (Å²) in [5.74, 6) is 0.692. The second-order valence-corrected chi connectivity index (χ2v) is 8.72. The number of nitrogens with zero attached hydrogens (tertiary/aromatic N) is 4. The van der Waals surface area contributed by atoms with Crippen molar-refractivity contribution in [3.8, 4) is 0 Å². The Bertz CT molecular complexity index is 906. The lowest BCUT2D eigenvalue weighted by atomic mass is 9.88. The smallest absolute Gasteiger partial charge is 0.250 e. The SMILES string of the molecule is NC(=O)c1ccccc1N1CCN(CCN(C(=O)C2CCCCC2)c2ccccn2)CC1. The number of aromatic nitrogens is 1. The summed E-state index contributed by atoms with van der Waals surface area (Å²) < 4.78 is 0. The van der Waals surface area contributed by atoms with Gasteiger partial charge in [0.25, 0.3) is 5.91 Å². The molecule has 7 nitrogen and oxygen atoms in total. The third-order valence-electron chi connectivity index (χ3n) is 6.67.